The summed E-state index contributed by atoms with van der Waals surface area (Å²) < 4.78 is 0. The molecule has 0 amide bonds. The first-order valence-corrected chi connectivity index (χ1v) is 6.74. The van der Waals surface area contributed by atoms with Crippen LogP contribution >= 0.6 is 0 Å². The smallest absolute Gasteiger partial charge is 0.0483 e. The number of hydrogen-bond acceptors (Lipinski definition) is 1. The summed E-state index contributed by atoms with van der Waals surface area (Å²) >= 11 is 0. The van der Waals surface area contributed by atoms with Crippen LogP contribution in [0.4, 0.5) is 0 Å². The Morgan fingerprint density at radius 2 is 1.29 bits per heavy atom. The fourth-order valence-corrected chi connectivity index (χ4v) is 1.03. The highest BCUT2D eigenvalue weighted by Crippen LogP contribution is 1.95. The number of aliphatic hydroxyl groups excluding tert-OH is 1. The summed E-state index contributed by atoms with van der Waals surface area (Å²) in [5, 5.41) is 8.06. The van der Waals surface area contributed by atoms with Crippen molar-refractivity contribution in [3.63, 3.8) is 0 Å². The molecule has 1 N–H and O–H groups in total. The van der Waals surface area contributed by atoms with E-state index in [1.807, 2.05) is 18.2 Å². The minimum absolute atomic E-state index is 0.167. The zero-order chi connectivity index (χ0) is 13.5. The molecule has 0 unspecified atom stereocenters. The van der Waals surface area contributed by atoms with Gasteiger partial charge in [-0.1, -0.05) is 75.4 Å². The molecule has 0 bridgehead atoms. The van der Waals surface area contributed by atoms with E-state index in [0.717, 1.165) is 0 Å². The highest BCUT2D eigenvalue weighted by atomic mass is 16.3. The SMILES string of the molecule is CC(C)O.CCCCCC.Cc1ccccc1. The summed E-state index contributed by atoms with van der Waals surface area (Å²) in [7, 11) is 0. The Balaban J connectivity index is 0. The van der Waals surface area contributed by atoms with Crippen LogP contribution in [-0.4, -0.2) is 11.2 Å². The van der Waals surface area contributed by atoms with E-state index in [-0.39, 0.29) is 6.10 Å². The van der Waals surface area contributed by atoms with E-state index in [0.29, 0.717) is 0 Å². The molecule has 0 saturated carbocycles. The van der Waals surface area contributed by atoms with Crippen LogP contribution in [0.1, 0.15) is 58.9 Å². The highest BCUT2D eigenvalue weighted by molar-refractivity contribution is 5.11. The Bertz CT molecular complexity index is 209. The van der Waals surface area contributed by atoms with Crippen molar-refractivity contribution in [3.8, 4) is 0 Å². The predicted octanol–water partition coefficient (Wildman–Crippen LogP) is 4.97. The van der Waals surface area contributed by atoms with Crippen LogP contribution in [0, 0.1) is 6.92 Å². The first-order chi connectivity index (χ1) is 8.04. The van der Waals surface area contributed by atoms with Crippen LogP contribution < -0.4 is 0 Å². The zero-order valence-corrected chi connectivity index (χ0v) is 12.2. The van der Waals surface area contributed by atoms with Gasteiger partial charge in [0.1, 0.15) is 0 Å². The molecule has 0 atom stereocenters. The molecule has 0 fully saturated rings. The van der Waals surface area contributed by atoms with E-state index >= 15 is 0 Å². The zero-order valence-electron chi connectivity index (χ0n) is 12.2. The van der Waals surface area contributed by atoms with Crippen molar-refractivity contribution in [3.05, 3.63) is 35.9 Å². The fourth-order valence-electron chi connectivity index (χ4n) is 1.03. The number of benzene rings is 1. The van der Waals surface area contributed by atoms with Crippen molar-refractivity contribution in [1.29, 1.82) is 0 Å². The molecule has 0 aliphatic heterocycles. The van der Waals surface area contributed by atoms with Crippen LogP contribution in [0.15, 0.2) is 30.3 Å². The standard InChI is InChI=1S/C7H8.C6H14.C3H8O/c1-7-5-3-2-4-6-7;1-3-5-6-4-2;1-3(2)4/h2-6H,1H3;3-6H2,1-2H3;3-4H,1-2H3. The van der Waals surface area contributed by atoms with Crippen LogP contribution in [0.25, 0.3) is 0 Å². The van der Waals surface area contributed by atoms with Gasteiger partial charge in [-0.05, 0) is 20.8 Å². The molecule has 1 rings (SSSR count). The number of aliphatic hydroxyl groups is 1. The molecule has 1 nitrogen and oxygen atoms in total. The quantitative estimate of drug-likeness (QED) is 0.737. The number of aryl methyl sites for hydroxylation is 1. The molecule has 0 aliphatic rings. The number of hydrogen-bond donors (Lipinski definition) is 1. The molecular formula is C16H30O. The Hall–Kier alpha value is -0.820. The van der Waals surface area contributed by atoms with Crippen molar-refractivity contribution in [2.24, 2.45) is 0 Å². The maximum atomic E-state index is 8.06. The minimum Gasteiger partial charge on any atom is -0.394 e. The van der Waals surface area contributed by atoms with E-state index in [4.69, 9.17) is 5.11 Å². The molecule has 0 aliphatic carbocycles. The number of unbranched alkanes of at least 4 members (excludes halogenated alkanes) is 3. The predicted molar refractivity (Wildman–Crippen MR) is 78.3 cm³/mol. The largest absolute Gasteiger partial charge is 0.394 e. The van der Waals surface area contributed by atoms with Crippen LogP contribution in [0.5, 0.6) is 0 Å². The average Bonchev–Trinajstić information content (AvgIpc) is 2.27. The van der Waals surface area contributed by atoms with E-state index in [1.54, 1.807) is 13.8 Å². The Morgan fingerprint density at radius 1 is 0.941 bits per heavy atom. The minimum atomic E-state index is -0.167. The summed E-state index contributed by atoms with van der Waals surface area (Å²) in [6.45, 7) is 9.99. The average molecular weight is 238 g/mol. The van der Waals surface area contributed by atoms with Gasteiger partial charge in [0, 0.05) is 6.10 Å². The Labute approximate surface area is 108 Å². The maximum Gasteiger partial charge on any atom is 0.0483 e. The molecular weight excluding hydrogens is 208 g/mol. The molecule has 100 valence electrons. The molecule has 0 saturated heterocycles. The summed E-state index contributed by atoms with van der Waals surface area (Å²) in [6, 6.07) is 10.3. The lowest BCUT2D eigenvalue weighted by molar-refractivity contribution is 0.216. The van der Waals surface area contributed by atoms with Crippen molar-refractivity contribution >= 4 is 0 Å². The fraction of sp³-hybridized carbons (Fsp3) is 0.625. The molecule has 17 heavy (non-hydrogen) atoms. The molecule has 0 radical (unpaired) electrons. The van der Waals surface area contributed by atoms with Crippen molar-refractivity contribution < 1.29 is 5.11 Å². The van der Waals surface area contributed by atoms with Crippen LogP contribution in [0.2, 0.25) is 0 Å². The third-order valence-electron chi connectivity index (χ3n) is 1.90. The summed E-state index contributed by atoms with van der Waals surface area (Å²) in [4.78, 5) is 0. The third kappa shape index (κ3) is 25.4. The topological polar surface area (TPSA) is 20.2 Å². The normalized spacial score (nSPS) is 8.88. The molecule has 0 heterocycles. The number of rotatable bonds is 3. The monoisotopic (exact) mass is 238 g/mol. The van der Waals surface area contributed by atoms with Crippen molar-refractivity contribution in [2.75, 3.05) is 0 Å². The molecule has 1 aromatic rings. The lowest BCUT2D eigenvalue weighted by atomic mass is 10.2. The van der Waals surface area contributed by atoms with E-state index in [9.17, 15) is 0 Å². The highest BCUT2D eigenvalue weighted by Gasteiger charge is 1.75. The molecule has 1 heteroatoms. The van der Waals surface area contributed by atoms with E-state index in [1.165, 1.54) is 31.2 Å². The first-order valence-electron chi connectivity index (χ1n) is 6.74. The Kier molecular flexibility index (Phi) is 16.6. The Morgan fingerprint density at radius 3 is 1.47 bits per heavy atom. The van der Waals surface area contributed by atoms with E-state index in [2.05, 4.69) is 32.9 Å². The van der Waals surface area contributed by atoms with Gasteiger partial charge in [-0.15, -0.1) is 0 Å². The summed E-state index contributed by atoms with van der Waals surface area (Å²) in [5.41, 5.74) is 1.32. The summed E-state index contributed by atoms with van der Waals surface area (Å²) in [5.74, 6) is 0. The van der Waals surface area contributed by atoms with Gasteiger partial charge in [0.25, 0.3) is 0 Å². The van der Waals surface area contributed by atoms with Gasteiger partial charge in [0.2, 0.25) is 0 Å². The second kappa shape index (κ2) is 15.2. The van der Waals surface area contributed by atoms with Crippen LogP contribution in [-0.2, 0) is 0 Å². The first kappa shape index (κ1) is 18.5. The second-order valence-corrected chi connectivity index (χ2v) is 4.46. The van der Waals surface area contributed by atoms with Crippen molar-refractivity contribution in [1.82, 2.24) is 0 Å². The lowest BCUT2D eigenvalue weighted by Crippen LogP contribution is -1.85. The third-order valence-corrected chi connectivity index (χ3v) is 1.90. The molecule has 0 aromatic heterocycles. The van der Waals surface area contributed by atoms with Gasteiger partial charge in [-0.3, -0.25) is 0 Å². The maximum absolute atomic E-state index is 8.06. The van der Waals surface area contributed by atoms with Gasteiger partial charge in [0.15, 0.2) is 0 Å². The summed E-state index contributed by atoms with van der Waals surface area (Å²) in [6.07, 6.45) is 5.37. The molecule has 0 spiro atoms. The van der Waals surface area contributed by atoms with Gasteiger partial charge in [0.05, 0.1) is 0 Å². The van der Waals surface area contributed by atoms with Gasteiger partial charge < -0.3 is 5.11 Å². The van der Waals surface area contributed by atoms with E-state index < -0.39 is 0 Å². The molecule has 1 aromatic carbocycles. The van der Waals surface area contributed by atoms with Crippen LogP contribution in [0.3, 0.4) is 0 Å². The lowest BCUT2D eigenvalue weighted by Gasteiger charge is -1.86. The van der Waals surface area contributed by atoms with Gasteiger partial charge >= 0.3 is 0 Å². The van der Waals surface area contributed by atoms with Gasteiger partial charge in [-0.2, -0.15) is 0 Å². The van der Waals surface area contributed by atoms with Gasteiger partial charge in [-0.25, -0.2) is 0 Å². The second-order valence-electron chi connectivity index (χ2n) is 4.46. The van der Waals surface area contributed by atoms with Crippen molar-refractivity contribution in [2.45, 2.75) is 66.4 Å².